The van der Waals surface area contributed by atoms with Crippen LogP contribution in [0.25, 0.3) is 0 Å². The number of para-hydroxylation sites is 1. The van der Waals surface area contributed by atoms with Crippen LogP contribution in [0.5, 0.6) is 0 Å². The molecule has 3 rings (SSSR count). The Hall–Kier alpha value is -1.59. The van der Waals surface area contributed by atoms with Crippen LogP contribution in [0.15, 0.2) is 30.3 Å². The van der Waals surface area contributed by atoms with E-state index in [0.29, 0.717) is 6.42 Å². The van der Waals surface area contributed by atoms with Gasteiger partial charge in [0, 0.05) is 31.7 Å². The van der Waals surface area contributed by atoms with Crippen LogP contribution < -0.4 is 10.6 Å². The minimum Gasteiger partial charge on any atom is -0.334 e. The minimum atomic E-state index is -0.357. The molecule has 2 aliphatic rings. The Labute approximate surface area is 155 Å². The van der Waals surface area contributed by atoms with Gasteiger partial charge in [-0.15, -0.1) is 12.4 Å². The summed E-state index contributed by atoms with van der Waals surface area (Å²) in [5.74, 6) is 0.341. The number of benzene rings is 1. The molecule has 1 aromatic rings. The molecule has 25 heavy (non-hydrogen) atoms. The van der Waals surface area contributed by atoms with E-state index in [2.05, 4.69) is 0 Å². The molecule has 1 saturated carbocycles. The monoisotopic (exact) mass is 365 g/mol. The quantitative estimate of drug-likeness (QED) is 0.891. The summed E-state index contributed by atoms with van der Waals surface area (Å²) in [6.45, 7) is 0.717. The third kappa shape index (κ3) is 4.33. The molecule has 5 nitrogen and oxygen atoms in total. The molecule has 3 atom stereocenters. The Morgan fingerprint density at radius 2 is 1.92 bits per heavy atom. The fourth-order valence-corrected chi connectivity index (χ4v) is 3.94. The number of piperidine rings is 1. The highest BCUT2D eigenvalue weighted by Gasteiger charge is 2.36. The van der Waals surface area contributed by atoms with Crippen molar-refractivity contribution in [2.45, 2.75) is 50.6 Å². The molecule has 1 unspecified atom stereocenters. The number of rotatable bonds is 4. The maximum Gasteiger partial charge on any atom is 0.249 e. The molecule has 0 radical (unpaired) electrons. The summed E-state index contributed by atoms with van der Waals surface area (Å²) < 4.78 is 0. The fraction of sp³-hybridized carbons (Fsp3) is 0.579. The van der Waals surface area contributed by atoms with Gasteiger partial charge in [0.2, 0.25) is 11.8 Å². The van der Waals surface area contributed by atoms with Gasteiger partial charge >= 0.3 is 0 Å². The van der Waals surface area contributed by atoms with Gasteiger partial charge in [0.1, 0.15) is 6.04 Å². The molecule has 6 heteroatoms. The molecular formula is C19H28ClN3O2. The van der Waals surface area contributed by atoms with Crippen molar-refractivity contribution >= 4 is 29.9 Å². The lowest BCUT2D eigenvalue weighted by Gasteiger charge is -2.37. The smallest absolute Gasteiger partial charge is 0.249 e. The molecule has 2 N–H and O–H groups in total. The zero-order chi connectivity index (χ0) is 17.1. The molecule has 0 spiro atoms. The van der Waals surface area contributed by atoms with Gasteiger partial charge in [-0.3, -0.25) is 9.59 Å². The third-order valence-electron chi connectivity index (χ3n) is 5.49. The van der Waals surface area contributed by atoms with E-state index in [4.69, 9.17) is 5.73 Å². The summed E-state index contributed by atoms with van der Waals surface area (Å²) in [4.78, 5) is 29.0. The lowest BCUT2D eigenvalue weighted by Crippen LogP contribution is -2.53. The lowest BCUT2D eigenvalue weighted by atomic mass is 9.97. The van der Waals surface area contributed by atoms with Crippen LogP contribution in [-0.4, -0.2) is 42.4 Å². The predicted molar refractivity (Wildman–Crippen MR) is 102 cm³/mol. The van der Waals surface area contributed by atoms with Crippen molar-refractivity contribution in [1.82, 2.24) is 4.90 Å². The normalized spacial score (nSPS) is 26.2. The number of nitrogens with two attached hydrogens (primary N) is 1. The third-order valence-corrected chi connectivity index (χ3v) is 5.49. The molecule has 0 aromatic heterocycles. The molecule has 1 saturated heterocycles. The van der Waals surface area contributed by atoms with E-state index in [1.165, 1.54) is 0 Å². The second kappa shape index (κ2) is 8.68. The van der Waals surface area contributed by atoms with E-state index in [1.54, 1.807) is 16.8 Å². The van der Waals surface area contributed by atoms with Gasteiger partial charge in [0.25, 0.3) is 0 Å². The van der Waals surface area contributed by atoms with Crippen LogP contribution in [0.4, 0.5) is 5.69 Å². The molecule has 0 bridgehead atoms. The highest BCUT2D eigenvalue weighted by atomic mass is 35.5. The van der Waals surface area contributed by atoms with Crippen molar-refractivity contribution in [2.24, 2.45) is 11.7 Å². The second-order valence-electron chi connectivity index (χ2n) is 7.05. The SMILES string of the molecule is CN(C(=O)C[C@@H]1CCC[C@H]1N)C1CCCN(c2ccccc2)C1=O.Cl. The van der Waals surface area contributed by atoms with E-state index >= 15 is 0 Å². The first kappa shape index (κ1) is 19.7. The average Bonchev–Trinajstić information content (AvgIpc) is 3.00. The van der Waals surface area contributed by atoms with Crippen LogP contribution in [0, 0.1) is 5.92 Å². The summed E-state index contributed by atoms with van der Waals surface area (Å²) in [7, 11) is 1.76. The van der Waals surface area contributed by atoms with Crippen molar-refractivity contribution in [3.8, 4) is 0 Å². The first-order valence-electron chi connectivity index (χ1n) is 8.95. The molecule has 138 valence electrons. The van der Waals surface area contributed by atoms with Crippen molar-refractivity contribution in [3.05, 3.63) is 30.3 Å². The molecule has 1 aromatic carbocycles. The Balaban J connectivity index is 0.00000225. The Kier molecular flexibility index (Phi) is 6.85. The van der Waals surface area contributed by atoms with Gasteiger partial charge in [-0.1, -0.05) is 24.6 Å². The number of hydrogen-bond acceptors (Lipinski definition) is 3. The summed E-state index contributed by atoms with van der Waals surface area (Å²) in [6.07, 6.45) is 5.24. The first-order chi connectivity index (χ1) is 11.6. The van der Waals surface area contributed by atoms with Crippen molar-refractivity contribution in [1.29, 1.82) is 0 Å². The van der Waals surface area contributed by atoms with Crippen LogP contribution in [0.1, 0.15) is 38.5 Å². The number of halogens is 1. The van der Waals surface area contributed by atoms with Crippen LogP contribution in [0.2, 0.25) is 0 Å². The standard InChI is InChI=1S/C19H27N3O2.ClH/c1-21(18(23)13-14-7-5-10-16(14)20)17-11-6-12-22(19(17)24)15-8-3-2-4-9-15;/h2-4,8-9,14,16-17H,5-7,10-13,20H2,1H3;1H/t14-,16+,17?;/m0./s1. The molecular weight excluding hydrogens is 338 g/mol. The van der Waals surface area contributed by atoms with Crippen molar-refractivity contribution in [3.63, 3.8) is 0 Å². The zero-order valence-electron chi connectivity index (χ0n) is 14.8. The van der Waals surface area contributed by atoms with Gasteiger partial charge in [0.15, 0.2) is 0 Å². The predicted octanol–water partition coefficient (Wildman–Crippen LogP) is 2.58. The maximum atomic E-state index is 12.9. The largest absolute Gasteiger partial charge is 0.334 e. The number of carbonyl (C=O) groups excluding carboxylic acids is 2. The van der Waals surface area contributed by atoms with Gasteiger partial charge in [-0.05, 0) is 43.7 Å². The van der Waals surface area contributed by atoms with Crippen LogP contribution in [-0.2, 0) is 9.59 Å². The Morgan fingerprint density at radius 1 is 1.20 bits per heavy atom. The number of carbonyl (C=O) groups is 2. The number of anilines is 1. The fourth-order valence-electron chi connectivity index (χ4n) is 3.94. The molecule has 2 fully saturated rings. The number of amides is 2. The summed E-state index contributed by atoms with van der Waals surface area (Å²) >= 11 is 0. The molecule has 2 amide bonds. The van der Waals surface area contributed by atoms with Gasteiger partial charge < -0.3 is 15.5 Å². The van der Waals surface area contributed by atoms with Crippen molar-refractivity contribution in [2.75, 3.05) is 18.5 Å². The van der Waals surface area contributed by atoms with Gasteiger partial charge in [0.05, 0.1) is 0 Å². The molecule has 1 heterocycles. The number of likely N-dealkylation sites (N-methyl/N-ethyl adjacent to an activating group) is 1. The molecule has 1 aliphatic heterocycles. The Morgan fingerprint density at radius 3 is 2.56 bits per heavy atom. The van der Waals surface area contributed by atoms with E-state index in [9.17, 15) is 9.59 Å². The second-order valence-corrected chi connectivity index (χ2v) is 7.05. The first-order valence-corrected chi connectivity index (χ1v) is 8.95. The summed E-state index contributed by atoms with van der Waals surface area (Å²) in [5.41, 5.74) is 6.99. The van der Waals surface area contributed by atoms with E-state index < -0.39 is 0 Å². The minimum absolute atomic E-state index is 0. The van der Waals surface area contributed by atoms with E-state index in [-0.39, 0.29) is 42.2 Å². The topological polar surface area (TPSA) is 66.6 Å². The lowest BCUT2D eigenvalue weighted by molar-refractivity contribution is -0.139. The highest BCUT2D eigenvalue weighted by molar-refractivity contribution is 5.99. The van der Waals surface area contributed by atoms with E-state index in [1.807, 2.05) is 30.3 Å². The van der Waals surface area contributed by atoms with Crippen LogP contribution in [0.3, 0.4) is 0 Å². The average molecular weight is 366 g/mol. The van der Waals surface area contributed by atoms with Crippen LogP contribution >= 0.6 is 12.4 Å². The molecule has 1 aliphatic carbocycles. The van der Waals surface area contributed by atoms with E-state index in [0.717, 1.165) is 44.3 Å². The number of hydrogen-bond donors (Lipinski definition) is 1. The zero-order valence-corrected chi connectivity index (χ0v) is 15.6. The highest BCUT2D eigenvalue weighted by Crippen LogP contribution is 2.29. The summed E-state index contributed by atoms with van der Waals surface area (Å²) in [6, 6.07) is 9.47. The van der Waals surface area contributed by atoms with Crippen molar-refractivity contribution < 1.29 is 9.59 Å². The maximum absolute atomic E-state index is 12.9. The van der Waals surface area contributed by atoms with Gasteiger partial charge in [-0.2, -0.15) is 0 Å². The number of nitrogens with zero attached hydrogens (tertiary/aromatic N) is 2. The summed E-state index contributed by atoms with van der Waals surface area (Å²) in [5, 5.41) is 0. The van der Waals surface area contributed by atoms with Gasteiger partial charge in [-0.25, -0.2) is 0 Å². The Bertz CT molecular complexity index is 596.